The maximum atomic E-state index is 10.0. The number of nitrogens with zero attached hydrogens (tertiary/aromatic N) is 1. The molecule has 110 valence electrons. The van der Waals surface area contributed by atoms with Crippen LogP contribution in [-0.2, 0) is 0 Å². The molecular formula is C17H25NOS. The van der Waals surface area contributed by atoms with Crippen LogP contribution in [0.3, 0.4) is 0 Å². The van der Waals surface area contributed by atoms with Gasteiger partial charge in [0.25, 0.3) is 0 Å². The molecule has 3 heteroatoms. The number of hydrogen-bond donors (Lipinski definition) is 1. The molecule has 1 N–H and O–H groups in total. The van der Waals surface area contributed by atoms with E-state index in [1.807, 2.05) is 19.9 Å². The number of aliphatic hydroxyl groups is 1. The van der Waals surface area contributed by atoms with Gasteiger partial charge in [-0.3, -0.25) is 4.31 Å². The van der Waals surface area contributed by atoms with Gasteiger partial charge in [0, 0.05) is 0 Å². The Bertz CT molecular complexity index is 514. The van der Waals surface area contributed by atoms with Gasteiger partial charge in [0.15, 0.2) is 0 Å². The molecule has 0 spiro atoms. The van der Waals surface area contributed by atoms with Crippen molar-refractivity contribution >= 4 is 15.8 Å². The van der Waals surface area contributed by atoms with E-state index in [1.165, 1.54) is 11.1 Å². The molecule has 0 saturated carbocycles. The Kier molecular flexibility index (Phi) is 4.43. The molecule has 0 fully saturated rings. The SMILES string of the molecule is CN(C)S1(CCC(C)(C)O)C=CC(c2ccccc2)=C1. The minimum atomic E-state index is -1.08. The fourth-order valence-electron chi connectivity index (χ4n) is 2.23. The summed E-state index contributed by atoms with van der Waals surface area (Å²) in [6.45, 7) is 3.77. The van der Waals surface area contributed by atoms with Gasteiger partial charge in [0.05, 0.1) is 5.60 Å². The van der Waals surface area contributed by atoms with E-state index < -0.39 is 15.8 Å². The summed E-state index contributed by atoms with van der Waals surface area (Å²) in [6.07, 6.45) is 3.04. The van der Waals surface area contributed by atoms with Crippen molar-refractivity contribution in [1.29, 1.82) is 0 Å². The highest BCUT2D eigenvalue weighted by molar-refractivity contribution is 8.36. The molecule has 1 atom stereocenters. The first-order valence-corrected chi connectivity index (χ1v) is 8.87. The third-order valence-corrected chi connectivity index (χ3v) is 7.13. The summed E-state index contributed by atoms with van der Waals surface area (Å²) in [7, 11) is 3.19. The molecule has 1 aliphatic heterocycles. The lowest BCUT2D eigenvalue weighted by Crippen LogP contribution is -2.25. The number of rotatable bonds is 5. The first kappa shape index (κ1) is 15.4. The van der Waals surface area contributed by atoms with E-state index in [0.717, 1.165) is 12.2 Å². The molecular weight excluding hydrogens is 266 g/mol. The average Bonchev–Trinajstić information content (AvgIpc) is 2.82. The van der Waals surface area contributed by atoms with Gasteiger partial charge in [-0.2, -0.15) is 0 Å². The summed E-state index contributed by atoms with van der Waals surface area (Å²) < 4.78 is 2.31. The van der Waals surface area contributed by atoms with Crippen LogP contribution in [0.2, 0.25) is 0 Å². The Morgan fingerprint density at radius 1 is 1.15 bits per heavy atom. The zero-order valence-corrected chi connectivity index (χ0v) is 13.7. The van der Waals surface area contributed by atoms with Crippen LogP contribution in [0, 0.1) is 0 Å². The van der Waals surface area contributed by atoms with Crippen LogP contribution in [0.15, 0.2) is 47.2 Å². The lowest BCUT2D eigenvalue weighted by atomic mass is 10.1. The van der Waals surface area contributed by atoms with Gasteiger partial charge in [-0.05, 0) is 68.1 Å². The lowest BCUT2D eigenvalue weighted by Gasteiger charge is -2.40. The fourth-order valence-corrected chi connectivity index (χ4v) is 5.25. The Morgan fingerprint density at radius 3 is 2.35 bits per heavy atom. The highest BCUT2D eigenvalue weighted by atomic mass is 32.3. The predicted molar refractivity (Wildman–Crippen MR) is 90.6 cm³/mol. The van der Waals surface area contributed by atoms with Gasteiger partial charge in [-0.15, -0.1) is 10.2 Å². The Labute approximate surface area is 124 Å². The zero-order chi connectivity index (χ0) is 14.8. The quantitative estimate of drug-likeness (QED) is 0.886. The smallest absolute Gasteiger partial charge is 0.0599 e. The first-order valence-electron chi connectivity index (χ1n) is 6.99. The van der Waals surface area contributed by atoms with Crippen molar-refractivity contribution in [3.63, 3.8) is 0 Å². The molecule has 0 radical (unpaired) electrons. The van der Waals surface area contributed by atoms with Crippen LogP contribution in [0.4, 0.5) is 0 Å². The first-order chi connectivity index (χ1) is 9.32. The summed E-state index contributed by atoms with van der Waals surface area (Å²) in [4.78, 5) is 0. The summed E-state index contributed by atoms with van der Waals surface area (Å²) in [5.41, 5.74) is 1.96. The number of allylic oxidation sites excluding steroid dienone is 2. The van der Waals surface area contributed by atoms with E-state index >= 15 is 0 Å². The molecule has 1 aromatic rings. The third-order valence-electron chi connectivity index (χ3n) is 3.64. The fraction of sp³-hybridized carbons (Fsp3) is 0.412. The summed E-state index contributed by atoms with van der Waals surface area (Å²) in [5.74, 6) is 0.996. The van der Waals surface area contributed by atoms with E-state index in [-0.39, 0.29) is 0 Å². The van der Waals surface area contributed by atoms with Gasteiger partial charge in [-0.1, -0.05) is 30.3 Å². The molecule has 0 saturated heterocycles. The van der Waals surface area contributed by atoms with E-state index in [0.29, 0.717) is 0 Å². The summed E-state index contributed by atoms with van der Waals surface area (Å²) in [5, 5.41) is 14.7. The normalized spacial score (nSPS) is 25.6. The van der Waals surface area contributed by atoms with Crippen molar-refractivity contribution in [3.8, 4) is 0 Å². The molecule has 2 nitrogen and oxygen atoms in total. The third kappa shape index (κ3) is 3.54. The van der Waals surface area contributed by atoms with Crippen LogP contribution < -0.4 is 0 Å². The van der Waals surface area contributed by atoms with Crippen molar-refractivity contribution in [3.05, 3.63) is 52.8 Å². The van der Waals surface area contributed by atoms with Gasteiger partial charge in [-0.25, -0.2) is 0 Å². The van der Waals surface area contributed by atoms with Crippen molar-refractivity contribution in [2.75, 3.05) is 19.8 Å². The van der Waals surface area contributed by atoms with E-state index in [2.05, 4.69) is 59.6 Å². The topological polar surface area (TPSA) is 23.5 Å². The molecule has 0 bridgehead atoms. The van der Waals surface area contributed by atoms with Crippen LogP contribution in [-0.4, -0.2) is 34.9 Å². The maximum absolute atomic E-state index is 10.0. The molecule has 0 aromatic heterocycles. The zero-order valence-electron chi connectivity index (χ0n) is 12.8. The highest BCUT2D eigenvalue weighted by Crippen LogP contribution is 2.59. The molecule has 1 heterocycles. The second-order valence-electron chi connectivity index (χ2n) is 6.13. The molecule has 20 heavy (non-hydrogen) atoms. The van der Waals surface area contributed by atoms with Gasteiger partial charge < -0.3 is 5.11 Å². The predicted octanol–water partition coefficient (Wildman–Crippen LogP) is 4.00. The van der Waals surface area contributed by atoms with Gasteiger partial charge >= 0.3 is 0 Å². The largest absolute Gasteiger partial charge is 0.390 e. The van der Waals surface area contributed by atoms with Crippen molar-refractivity contribution in [2.24, 2.45) is 0 Å². The van der Waals surface area contributed by atoms with Crippen LogP contribution in [0.25, 0.3) is 5.57 Å². The minimum Gasteiger partial charge on any atom is -0.390 e. The van der Waals surface area contributed by atoms with E-state index in [9.17, 15) is 5.11 Å². The van der Waals surface area contributed by atoms with Crippen LogP contribution in [0.5, 0.6) is 0 Å². The molecule has 1 aliphatic rings. The van der Waals surface area contributed by atoms with Crippen molar-refractivity contribution in [1.82, 2.24) is 4.31 Å². The second-order valence-corrected chi connectivity index (χ2v) is 9.40. The Morgan fingerprint density at radius 2 is 1.80 bits per heavy atom. The highest BCUT2D eigenvalue weighted by Gasteiger charge is 2.28. The Balaban J connectivity index is 2.24. The molecule has 1 unspecified atom stereocenters. The van der Waals surface area contributed by atoms with Crippen molar-refractivity contribution < 1.29 is 5.11 Å². The second kappa shape index (κ2) is 5.76. The van der Waals surface area contributed by atoms with Gasteiger partial charge in [0.2, 0.25) is 0 Å². The van der Waals surface area contributed by atoms with Crippen LogP contribution >= 0.6 is 10.2 Å². The van der Waals surface area contributed by atoms with Crippen LogP contribution in [0.1, 0.15) is 25.8 Å². The minimum absolute atomic E-state index is 0.604. The summed E-state index contributed by atoms with van der Waals surface area (Å²) >= 11 is 0. The van der Waals surface area contributed by atoms with E-state index in [1.54, 1.807) is 0 Å². The van der Waals surface area contributed by atoms with E-state index in [4.69, 9.17) is 0 Å². The number of benzene rings is 1. The molecule has 2 rings (SSSR count). The molecule has 0 aliphatic carbocycles. The number of hydrogen-bond acceptors (Lipinski definition) is 2. The monoisotopic (exact) mass is 291 g/mol. The molecule has 1 aromatic carbocycles. The maximum Gasteiger partial charge on any atom is 0.0599 e. The summed E-state index contributed by atoms with van der Waals surface area (Å²) in [6, 6.07) is 10.5. The molecule has 0 amide bonds. The van der Waals surface area contributed by atoms with Crippen molar-refractivity contribution in [2.45, 2.75) is 25.9 Å². The van der Waals surface area contributed by atoms with Gasteiger partial charge in [0.1, 0.15) is 0 Å². The standard InChI is InChI=1S/C17H25NOS/c1-17(2,19)11-13-20(18(3)4)12-10-16(14-20)15-8-6-5-7-9-15/h5-10,12,14,19H,11,13H2,1-4H3. The lowest BCUT2D eigenvalue weighted by molar-refractivity contribution is 0.0774. The average molecular weight is 291 g/mol. The Hall–Kier alpha value is -1.03.